The zero-order valence-corrected chi connectivity index (χ0v) is 18.1. The molecule has 148 valence electrons. The topological polar surface area (TPSA) is 59.0 Å². The van der Waals surface area contributed by atoms with Crippen molar-refractivity contribution < 1.29 is 13.9 Å². The summed E-state index contributed by atoms with van der Waals surface area (Å²) in [5.41, 5.74) is 1.93. The van der Waals surface area contributed by atoms with E-state index in [9.17, 15) is 4.39 Å². The molecule has 0 atom stereocenters. The number of methoxy groups -OCH3 is 1. The predicted molar refractivity (Wildman–Crippen MR) is 115 cm³/mol. The van der Waals surface area contributed by atoms with Crippen molar-refractivity contribution in [3.8, 4) is 5.88 Å². The lowest BCUT2D eigenvalue weighted by atomic mass is 10.2. The Labute approximate surface area is 176 Å². The van der Waals surface area contributed by atoms with Crippen LogP contribution in [-0.2, 0) is 17.8 Å². The van der Waals surface area contributed by atoms with E-state index in [4.69, 9.17) is 9.47 Å². The summed E-state index contributed by atoms with van der Waals surface area (Å²) in [5.74, 6) is 1.06. The Kier molecular flexibility index (Phi) is 10.6. The van der Waals surface area contributed by atoms with Gasteiger partial charge in [-0.2, -0.15) is 0 Å². The number of halogens is 2. The Hall–Kier alpha value is -1.94. The molecule has 0 amide bonds. The summed E-state index contributed by atoms with van der Waals surface area (Å²) in [5, 5.41) is 3.30. The second-order valence-corrected chi connectivity index (χ2v) is 5.69. The molecule has 0 saturated carbocycles. The van der Waals surface area contributed by atoms with Crippen molar-refractivity contribution in [2.75, 3.05) is 34.4 Å². The minimum absolute atomic E-state index is 0. The Morgan fingerprint density at radius 1 is 1.22 bits per heavy atom. The molecule has 27 heavy (non-hydrogen) atoms. The Morgan fingerprint density at radius 3 is 2.63 bits per heavy atom. The Balaban J connectivity index is 0.00000364. The van der Waals surface area contributed by atoms with Gasteiger partial charge in [0.15, 0.2) is 5.96 Å². The van der Waals surface area contributed by atoms with Gasteiger partial charge < -0.3 is 19.7 Å². The van der Waals surface area contributed by atoms with Crippen LogP contribution < -0.4 is 10.1 Å². The highest BCUT2D eigenvalue weighted by Crippen LogP contribution is 2.14. The molecule has 1 N–H and O–H groups in total. The second kappa shape index (κ2) is 12.4. The van der Waals surface area contributed by atoms with Crippen LogP contribution in [0.3, 0.4) is 0 Å². The number of nitrogens with zero attached hydrogens (tertiary/aromatic N) is 3. The predicted octanol–water partition coefficient (Wildman–Crippen LogP) is 3.07. The molecule has 0 spiro atoms. The van der Waals surface area contributed by atoms with Crippen LogP contribution in [0.15, 0.2) is 47.6 Å². The van der Waals surface area contributed by atoms with Gasteiger partial charge in [-0.1, -0.05) is 18.2 Å². The van der Waals surface area contributed by atoms with Gasteiger partial charge in [0.1, 0.15) is 12.4 Å². The lowest BCUT2D eigenvalue weighted by Gasteiger charge is -2.22. The molecule has 0 fully saturated rings. The highest BCUT2D eigenvalue weighted by atomic mass is 127. The fourth-order valence-corrected chi connectivity index (χ4v) is 2.41. The average Bonchev–Trinajstić information content (AvgIpc) is 2.65. The molecule has 0 radical (unpaired) electrons. The molecule has 0 aliphatic carbocycles. The van der Waals surface area contributed by atoms with Crippen LogP contribution in [0.25, 0.3) is 0 Å². The summed E-state index contributed by atoms with van der Waals surface area (Å²) in [6, 6.07) is 10.3. The molecule has 0 saturated heterocycles. The van der Waals surface area contributed by atoms with E-state index < -0.39 is 0 Å². The number of benzene rings is 1. The molecule has 1 heterocycles. The van der Waals surface area contributed by atoms with Crippen LogP contribution in [0.5, 0.6) is 5.88 Å². The maximum absolute atomic E-state index is 13.0. The summed E-state index contributed by atoms with van der Waals surface area (Å²) in [6.07, 6.45) is 1.70. The molecule has 2 rings (SSSR count). The first-order valence-corrected chi connectivity index (χ1v) is 8.36. The van der Waals surface area contributed by atoms with E-state index in [2.05, 4.69) is 15.3 Å². The number of pyridine rings is 1. The van der Waals surface area contributed by atoms with E-state index >= 15 is 0 Å². The lowest BCUT2D eigenvalue weighted by molar-refractivity contribution is 0.143. The standard InChI is InChI=1S/C19H25FN4O2.HI/c1-21-19(24(2)14-15-6-8-17(20)9-7-15)23-13-16-5-4-10-22-18(16)26-12-11-25-3;/h4-10H,11-14H2,1-3H3,(H,21,23);1H. The maximum Gasteiger partial charge on any atom is 0.218 e. The van der Waals surface area contributed by atoms with Crippen molar-refractivity contribution in [3.05, 3.63) is 59.5 Å². The molecule has 2 aromatic rings. The summed E-state index contributed by atoms with van der Waals surface area (Å²) < 4.78 is 23.7. The normalized spacial score (nSPS) is 10.9. The third-order valence-electron chi connectivity index (χ3n) is 3.72. The van der Waals surface area contributed by atoms with Gasteiger partial charge >= 0.3 is 0 Å². The SMILES string of the molecule is CN=C(NCc1cccnc1OCCOC)N(C)Cc1ccc(F)cc1.I. The third-order valence-corrected chi connectivity index (χ3v) is 3.72. The van der Waals surface area contributed by atoms with Gasteiger partial charge in [-0.15, -0.1) is 24.0 Å². The molecular formula is C19H26FIN4O2. The van der Waals surface area contributed by atoms with Crippen LogP contribution in [0, 0.1) is 5.82 Å². The number of rotatable bonds is 8. The van der Waals surface area contributed by atoms with Crippen LogP contribution >= 0.6 is 24.0 Å². The number of aliphatic imine (C=N–C) groups is 1. The zero-order valence-electron chi connectivity index (χ0n) is 15.8. The van der Waals surface area contributed by atoms with Crippen molar-refractivity contribution in [2.45, 2.75) is 13.1 Å². The monoisotopic (exact) mass is 488 g/mol. The van der Waals surface area contributed by atoms with E-state index in [1.807, 2.05) is 24.1 Å². The van der Waals surface area contributed by atoms with Gasteiger partial charge in [0.05, 0.1) is 6.61 Å². The summed E-state index contributed by atoms with van der Waals surface area (Å²) in [4.78, 5) is 10.5. The van der Waals surface area contributed by atoms with Crippen molar-refractivity contribution in [3.63, 3.8) is 0 Å². The first kappa shape index (κ1) is 23.1. The summed E-state index contributed by atoms with van der Waals surface area (Å²) in [6.45, 7) is 2.09. The van der Waals surface area contributed by atoms with Gasteiger partial charge in [-0.25, -0.2) is 9.37 Å². The van der Waals surface area contributed by atoms with Crippen LogP contribution in [-0.4, -0.2) is 50.3 Å². The molecule has 0 unspecified atom stereocenters. The van der Waals surface area contributed by atoms with Crippen LogP contribution in [0.1, 0.15) is 11.1 Å². The molecule has 1 aromatic heterocycles. The van der Waals surface area contributed by atoms with Crippen molar-refractivity contribution in [1.29, 1.82) is 0 Å². The maximum atomic E-state index is 13.0. The van der Waals surface area contributed by atoms with E-state index in [-0.39, 0.29) is 29.8 Å². The Bertz CT molecular complexity index is 713. The number of hydrogen-bond acceptors (Lipinski definition) is 4. The molecule has 6 nitrogen and oxygen atoms in total. The van der Waals surface area contributed by atoms with Gasteiger partial charge in [-0.05, 0) is 23.8 Å². The number of aromatic nitrogens is 1. The molecule has 0 aliphatic heterocycles. The minimum Gasteiger partial charge on any atom is -0.475 e. The zero-order chi connectivity index (χ0) is 18.8. The van der Waals surface area contributed by atoms with E-state index in [1.54, 1.807) is 32.5 Å². The van der Waals surface area contributed by atoms with Gasteiger partial charge in [-0.3, -0.25) is 4.99 Å². The first-order valence-electron chi connectivity index (χ1n) is 8.36. The van der Waals surface area contributed by atoms with Crippen molar-refractivity contribution in [1.82, 2.24) is 15.2 Å². The van der Waals surface area contributed by atoms with Crippen LogP contribution in [0.4, 0.5) is 4.39 Å². The number of hydrogen-bond donors (Lipinski definition) is 1. The fourth-order valence-electron chi connectivity index (χ4n) is 2.41. The molecule has 8 heteroatoms. The van der Waals surface area contributed by atoms with Crippen LogP contribution in [0.2, 0.25) is 0 Å². The minimum atomic E-state index is -0.239. The molecule has 1 aromatic carbocycles. The molecule has 0 bridgehead atoms. The number of ether oxygens (including phenoxy) is 2. The highest BCUT2D eigenvalue weighted by Gasteiger charge is 2.09. The quantitative estimate of drug-likeness (QED) is 0.268. The Morgan fingerprint density at radius 2 is 1.96 bits per heavy atom. The van der Waals surface area contributed by atoms with E-state index in [0.29, 0.717) is 32.2 Å². The third kappa shape index (κ3) is 7.67. The number of guanidine groups is 1. The molecular weight excluding hydrogens is 462 g/mol. The van der Waals surface area contributed by atoms with E-state index in [0.717, 1.165) is 17.1 Å². The van der Waals surface area contributed by atoms with Gasteiger partial charge in [0.25, 0.3) is 0 Å². The fraction of sp³-hybridized carbons (Fsp3) is 0.368. The average molecular weight is 488 g/mol. The first-order chi connectivity index (χ1) is 12.6. The lowest BCUT2D eigenvalue weighted by Crippen LogP contribution is -2.38. The van der Waals surface area contributed by atoms with E-state index in [1.165, 1.54) is 12.1 Å². The van der Waals surface area contributed by atoms with Gasteiger partial charge in [0, 0.05) is 46.1 Å². The number of nitrogens with one attached hydrogen (secondary N) is 1. The highest BCUT2D eigenvalue weighted by molar-refractivity contribution is 14.0. The smallest absolute Gasteiger partial charge is 0.218 e. The summed E-state index contributed by atoms with van der Waals surface area (Å²) >= 11 is 0. The molecule has 0 aliphatic rings. The van der Waals surface area contributed by atoms with Crippen molar-refractivity contribution >= 4 is 29.9 Å². The van der Waals surface area contributed by atoms with Gasteiger partial charge in [0.2, 0.25) is 5.88 Å². The second-order valence-electron chi connectivity index (χ2n) is 5.69. The summed E-state index contributed by atoms with van der Waals surface area (Å²) in [7, 11) is 5.28. The largest absolute Gasteiger partial charge is 0.475 e. The van der Waals surface area contributed by atoms with Crippen molar-refractivity contribution in [2.24, 2.45) is 4.99 Å².